The summed E-state index contributed by atoms with van der Waals surface area (Å²) < 4.78 is 31.8. The Bertz CT molecular complexity index is 849. The van der Waals surface area contributed by atoms with Crippen LogP contribution in [0, 0.1) is 18.6 Å². The Hall–Kier alpha value is -3.10. The number of carbonyl (C=O) groups excluding carboxylic acids is 2. The molecule has 9 heteroatoms. The Kier molecular flexibility index (Phi) is 4.49. The molecular formula is C14H11F2N3O4. The minimum absolute atomic E-state index is 0.0164. The molecule has 0 aliphatic heterocycles. The number of hydrogen-bond donors (Lipinski definition) is 1. The molecule has 0 bridgehead atoms. The zero-order valence-electron chi connectivity index (χ0n) is 12.1. The number of amides is 1. The normalized spacial score (nSPS) is 10.3. The number of esters is 1. The number of halogens is 2. The van der Waals surface area contributed by atoms with E-state index in [9.17, 15) is 23.2 Å². The zero-order chi connectivity index (χ0) is 17.1. The quantitative estimate of drug-likeness (QED) is 0.669. The lowest BCUT2D eigenvalue weighted by Gasteiger charge is -2.14. The molecule has 1 aromatic heterocycles. The van der Waals surface area contributed by atoms with Gasteiger partial charge in [-0.1, -0.05) is 0 Å². The minimum Gasteiger partial charge on any atom is -0.465 e. The van der Waals surface area contributed by atoms with Gasteiger partial charge in [-0.15, -0.1) is 0 Å². The molecule has 1 N–H and O–H groups in total. The molecule has 0 saturated heterocycles. The molecule has 120 valence electrons. The predicted molar refractivity (Wildman–Crippen MR) is 75.4 cm³/mol. The number of methoxy groups -OCH3 is 1. The van der Waals surface area contributed by atoms with Gasteiger partial charge in [0.25, 0.3) is 0 Å². The number of aromatic nitrogens is 2. The van der Waals surface area contributed by atoms with Crippen molar-refractivity contribution in [1.29, 1.82) is 0 Å². The number of carbonyl (C=O) groups is 2. The molecule has 1 amide bonds. The first-order chi connectivity index (χ1) is 10.9. The third-order valence-electron chi connectivity index (χ3n) is 3.10. The molecule has 23 heavy (non-hydrogen) atoms. The van der Waals surface area contributed by atoms with Crippen LogP contribution in [0.5, 0.6) is 0 Å². The van der Waals surface area contributed by atoms with Crippen LogP contribution in [0.15, 0.2) is 23.0 Å². The van der Waals surface area contributed by atoms with E-state index in [-0.39, 0.29) is 28.9 Å². The first-order valence-electron chi connectivity index (χ1n) is 6.28. The second-order valence-electron chi connectivity index (χ2n) is 4.41. The van der Waals surface area contributed by atoms with Gasteiger partial charge in [-0.05, 0) is 25.1 Å². The van der Waals surface area contributed by atoms with E-state index < -0.39 is 23.3 Å². The molecule has 0 atom stereocenters. The zero-order valence-corrected chi connectivity index (χ0v) is 12.1. The lowest BCUT2D eigenvalue weighted by Crippen LogP contribution is -2.34. The van der Waals surface area contributed by atoms with Crippen LogP contribution in [-0.4, -0.2) is 29.1 Å². The summed E-state index contributed by atoms with van der Waals surface area (Å²) in [5.74, 6) is -3.09. The van der Waals surface area contributed by atoms with Crippen LogP contribution in [0.25, 0.3) is 11.3 Å². The Morgan fingerprint density at radius 1 is 1.35 bits per heavy atom. The maximum Gasteiger partial charge on any atom is 0.367 e. The lowest BCUT2D eigenvalue weighted by molar-refractivity contribution is -0.106. The largest absolute Gasteiger partial charge is 0.465 e. The van der Waals surface area contributed by atoms with Crippen LogP contribution in [0.2, 0.25) is 0 Å². The Labute approximate surface area is 128 Å². The van der Waals surface area contributed by atoms with E-state index in [0.717, 1.165) is 23.9 Å². The fraction of sp³-hybridized carbons (Fsp3) is 0.143. The van der Waals surface area contributed by atoms with Gasteiger partial charge in [-0.25, -0.2) is 23.0 Å². The highest BCUT2D eigenvalue weighted by molar-refractivity contribution is 5.97. The van der Waals surface area contributed by atoms with Crippen molar-refractivity contribution >= 4 is 12.4 Å². The topological polar surface area (TPSA) is 90.3 Å². The number of ether oxygens (including phenoxy) is 1. The molecule has 0 saturated carbocycles. The third-order valence-corrected chi connectivity index (χ3v) is 3.10. The second-order valence-corrected chi connectivity index (χ2v) is 4.41. The van der Waals surface area contributed by atoms with Gasteiger partial charge in [-0.3, -0.25) is 10.2 Å². The van der Waals surface area contributed by atoms with Gasteiger partial charge < -0.3 is 4.74 Å². The SMILES string of the molecule is COC(=O)c1c(-c2ccc(F)c(F)c2)nc(=O)n(NC=O)c1C. The standard InChI is InChI=1S/C14H11F2N3O4/c1-7-11(13(21)23-2)12(18-14(22)19(7)17-6-20)8-3-4-9(15)10(16)5-8/h3-6H,1-2H3,(H,17,20). The fourth-order valence-electron chi connectivity index (χ4n) is 2.03. The van der Waals surface area contributed by atoms with Crippen molar-refractivity contribution in [2.45, 2.75) is 6.92 Å². The molecule has 0 spiro atoms. The highest BCUT2D eigenvalue weighted by Crippen LogP contribution is 2.24. The van der Waals surface area contributed by atoms with Gasteiger partial charge in [0.15, 0.2) is 11.6 Å². The first-order valence-corrected chi connectivity index (χ1v) is 6.28. The van der Waals surface area contributed by atoms with Gasteiger partial charge in [0.1, 0.15) is 5.56 Å². The van der Waals surface area contributed by atoms with Crippen LogP contribution in [-0.2, 0) is 9.53 Å². The molecule has 1 heterocycles. The van der Waals surface area contributed by atoms with E-state index in [2.05, 4.69) is 15.1 Å². The Morgan fingerprint density at radius 3 is 2.61 bits per heavy atom. The molecule has 1 aromatic carbocycles. The minimum atomic E-state index is -1.16. The van der Waals surface area contributed by atoms with E-state index in [0.29, 0.717) is 0 Å². The lowest BCUT2D eigenvalue weighted by atomic mass is 10.0. The molecule has 7 nitrogen and oxygen atoms in total. The van der Waals surface area contributed by atoms with Crippen LogP contribution < -0.4 is 11.1 Å². The van der Waals surface area contributed by atoms with E-state index in [1.807, 2.05) is 0 Å². The highest BCUT2D eigenvalue weighted by atomic mass is 19.2. The van der Waals surface area contributed by atoms with Gasteiger partial charge in [0, 0.05) is 5.56 Å². The number of rotatable bonds is 4. The van der Waals surface area contributed by atoms with Crippen molar-refractivity contribution in [3.05, 3.63) is 51.6 Å². The highest BCUT2D eigenvalue weighted by Gasteiger charge is 2.23. The predicted octanol–water partition coefficient (Wildman–Crippen LogP) is 0.983. The van der Waals surface area contributed by atoms with Crippen molar-refractivity contribution in [2.75, 3.05) is 12.5 Å². The average molecular weight is 323 g/mol. The van der Waals surface area contributed by atoms with Gasteiger partial charge >= 0.3 is 11.7 Å². The summed E-state index contributed by atoms with van der Waals surface area (Å²) in [6.45, 7) is 1.37. The summed E-state index contributed by atoms with van der Waals surface area (Å²) in [5.41, 5.74) is 0.890. The summed E-state index contributed by atoms with van der Waals surface area (Å²) in [6, 6.07) is 2.82. The summed E-state index contributed by atoms with van der Waals surface area (Å²) in [7, 11) is 1.11. The molecular weight excluding hydrogens is 312 g/mol. The van der Waals surface area contributed by atoms with Crippen molar-refractivity contribution in [3.8, 4) is 11.3 Å². The Balaban J connectivity index is 2.81. The number of benzene rings is 1. The van der Waals surface area contributed by atoms with Gasteiger partial charge in [-0.2, -0.15) is 4.98 Å². The van der Waals surface area contributed by atoms with Crippen molar-refractivity contribution in [1.82, 2.24) is 9.66 Å². The van der Waals surface area contributed by atoms with Crippen LogP contribution in [0.1, 0.15) is 16.1 Å². The number of hydrogen-bond acceptors (Lipinski definition) is 5. The maximum atomic E-state index is 13.4. The van der Waals surface area contributed by atoms with E-state index >= 15 is 0 Å². The first kappa shape index (κ1) is 16.3. The molecule has 0 radical (unpaired) electrons. The average Bonchev–Trinajstić information content (AvgIpc) is 2.53. The van der Waals surface area contributed by atoms with Crippen LogP contribution in [0.3, 0.4) is 0 Å². The molecule has 2 rings (SSSR count). The van der Waals surface area contributed by atoms with Crippen LogP contribution >= 0.6 is 0 Å². The monoisotopic (exact) mass is 323 g/mol. The number of nitrogens with zero attached hydrogens (tertiary/aromatic N) is 2. The summed E-state index contributed by atoms with van der Waals surface area (Å²) in [6.07, 6.45) is 0.231. The summed E-state index contributed by atoms with van der Waals surface area (Å²) in [5, 5.41) is 0. The third kappa shape index (κ3) is 2.93. The molecule has 2 aromatic rings. The molecule has 0 aliphatic rings. The summed E-state index contributed by atoms with van der Waals surface area (Å²) in [4.78, 5) is 38.2. The van der Waals surface area contributed by atoms with Crippen molar-refractivity contribution < 1.29 is 23.1 Å². The molecule has 0 aliphatic carbocycles. The van der Waals surface area contributed by atoms with Gasteiger partial charge in [0.05, 0.1) is 18.5 Å². The molecule has 0 unspecified atom stereocenters. The second kappa shape index (κ2) is 6.34. The van der Waals surface area contributed by atoms with E-state index in [1.54, 1.807) is 0 Å². The van der Waals surface area contributed by atoms with Crippen molar-refractivity contribution in [2.24, 2.45) is 0 Å². The Morgan fingerprint density at radius 2 is 2.04 bits per heavy atom. The summed E-state index contributed by atoms with van der Waals surface area (Å²) >= 11 is 0. The van der Waals surface area contributed by atoms with E-state index in [1.165, 1.54) is 13.0 Å². The van der Waals surface area contributed by atoms with Crippen LogP contribution in [0.4, 0.5) is 8.78 Å². The molecule has 0 fully saturated rings. The van der Waals surface area contributed by atoms with Gasteiger partial charge in [0.2, 0.25) is 6.41 Å². The maximum absolute atomic E-state index is 13.4. The fourth-order valence-corrected chi connectivity index (χ4v) is 2.03. The number of nitrogens with one attached hydrogen (secondary N) is 1. The van der Waals surface area contributed by atoms with Crippen molar-refractivity contribution in [3.63, 3.8) is 0 Å². The smallest absolute Gasteiger partial charge is 0.367 e. The van der Waals surface area contributed by atoms with E-state index in [4.69, 9.17) is 0 Å².